The number of thiophene rings is 1. The van der Waals surface area contributed by atoms with Crippen LogP contribution in [-0.2, 0) is 27.9 Å². The zero-order valence-electron chi connectivity index (χ0n) is 16.2. The number of aromatic amines is 1. The van der Waals surface area contributed by atoms with E-state index in [1.54, 1.807) is 43.3 Å². The maximum Gasteiger partial charge on any atom is 0.244 e. The second-order valence-corrected chi connectivity index (χ2v) is 9.87. The van der Waals surface area contributed by atoms with Gasteiger partial charge < -0.3 is 5.32 Å². The number of benzene rings is 1. The number of anilines is 1. The molecular formula is C20H20N4O4S2. The summed E-state index contributed by atoms with van der Waals surface area (Å²) < 4.78 is 27.4. The van der Waals surface area contributed by atoms with Crippen LogP contribution in [0, 0.1) is 6.92 Å². The molecule has 1 amide bonds. The molecule has 10 heteroatoms. The number of aromatic nitrogens is 2. The van der Waals surface area contributed by atoms with Gasteiger partial charge in [-0.05, 0) is 30.0 Å². The lowest BCUT2D eigenvalue weighted by Crippen LogP contribution is -2.27. The third-order valence-electron chi connectivity index (χ3n) is 4.96. The van der Waals surface area contributed by atoms with Gasteiger partial charge in [0.15, 0.2) is 5.78 Å². The second-order valence-electron chi connectivity index (χ2n) is 7.01. The maximum absolute atomic E-state index is 13.0. The lowest BCUT2D eigenvalue weighted by Gasteiger charge is -2.17. The van der Waals surface area contributed by atoms with Gasteiger partial charge in [0.2, 0.25) is 15.9 Å². The Morgan fingerprint density at radius 1 is 1.17 bits per heavy atom. The zero-order chi connectivity index (χ0) is 21.3. The first-order valence-corrected chi connectivity index (χ1v) is 11.7. The van der Waals surface area contributed by atoms with Crippen molar-refractivity contribution < 1.29 is 18.0 Å². The molecule has 2 N–H and O–H groups in total. The summed E-state index contributed by atoms with van der Waals surface area (Å²) in [6.45, 7) is 2.01. The van der Waals surface area contributed by atoms with Gasteiger partial charge >= 0.3 is 0 Å². The van der Waals surface area contributed by atoms with Gasteiger partial charge in [-0.3, -0.25) is 14.7 Å². The number of nitrogens with zero attached hydrogens (tertiary/aromatic N) is 2. The van der Waals surface area contributed by atoms with E-state index in [1.807, 2.05) is 5.38 Å². The summed E-state index contributed by atoms with van der Waals surface area (Å²) in [5.41, 5.74) is 1.90. The minimum absolute atomic E-state index is 0.0375. The minimum Gasteiger partial charge on any atom is -0.311 e. The van der Waals surface area contributed by atoms with Crippen LogP contribution in [0.25, 0.3) is 0 Å². The van der Waals surface area contributed by atoms with Crippen LogP contribution in [0.4, 0.5) is 5.82 Å². The largest absolute Gasteiger partial charge is 0.311 e. The molecule has 3 heterocycles. The molecular weight excluding hydrogens is 424 g/mol. The van der Waals surface area contributed by atoms with Crippen LogP contribution in [0.5, 0.6) is 0 Å². The number of hydrogen-bond donors (Lipinski definition) is 2. The fraction of sp³-hybridized carbons (Fsp3) is 0.250. The molecule has 1 aliphatic rings. The Labute approximate surface area is 178 Å². The van der Waals surface area contributed by atoms with Crippen LogP contribution in [0.3, 0.4) is 0 Å². The van der Waals surface area contributed by atoms with Crippen LogP contribution in [-0.4, -0.2) is 34.6 Å². The van der Waals surface area contributed by atoms with Crippen LogP contribution in [0.2, 0.25) is 0 Å². The number of hydrogen-bond acceptors (Lipinski definition) is 6. The second kappa shape index (κ2) is 8.13. The van der Waals surface area contributed by atoms with E-state index >= 15 is 0 Å². The Morgan fingerprint density at radius 3 is 2.70 bits per heavy atom. The van der Waals surface area contributed by atoms with E-state index in [2.05, 4.69) is 15.5 Å². The normalized spacial score (nSPS) is 13.9. The van der Waals surface area contributed by atoms with Gasteiger partial charge in [-0.1, -0.05) is 24.3 Å². The number of nitrogens with one attached hydrogen (secondary N) is 2. The number of carbonyl (C=O) groups is 2. The fourth-order valence-electron chi connectivity index (χ4n) is 3.35. The number of rotatable bonds is 7. The van der Waals surface area contributed by atoms with Crippen LogP contribution >= 0.6 is 11.3 Å². The van der Waals surface area contributed by atoms with E-state index < -0.39 is 10.0 Å². The Hall–Kier alpha value is -2.82. The molecule has 4 rings (SSSR count). The molecule has 0 unspecified atom stereocenters. The molecule has 0 saturated heterocycles. The lowest BCUT2D eigenvalue weighted by molar-refractivity contribution is -0.116. The molecule has 2 aromatic heterocycles. The van der Waals surface area contributed by atoms with Crippen LogP contribution in [0.1, 0.15) is 39.3 Å². The topological polar surface area (TPSA) is 112 Å². The number of fused-ring (bicyclic) bond motifs is 1. The van der Waals surface area contributed by atoms with Gasteiger partial charge in [-0.25, -0.2) is 8.42 Å². The lowest BCUT2D eigenvalue weighted by atomic mass is 10.2. The third kappa shape index (κ3) is 3.93. The first-order chi connectivity index (χ1) is 14.4. The molecule has 0 bridgehead atoms. The highest BCUT2D eigenvalue weighted by atomic mass is 32.2. The molecule has 3 aromatic rings. The maximum atomic E-state index is 13.0. The molecule has 0 atom stereocenters. The van der Waals surface area contributed by atoms with Gasteiger partial charge in [-0.15, -0.1) is 11.3 Å². The molecule has 0 fully saturated rings. The van der Waals surface area contributed by atoms with Crippen LogP contribution < -0.4 is 5.32 Å². The van der Waals surface area contributed by atoms with Crippen molar-refractivity contribution in [3.63, 3.8) is 0 Å². The molecule has 8 nitrogen and oxygen atoms in total. The quantitative estimate of drug-likeness (QED) is 0.544. The van der Waals surface area contributed by atoms with E-state index in [1.165, 1.54) is 15.6 Å². The number of carbonyl (C=O) groups excluding carboxylic acids is 2. The highest BCUT2D eigenvalue weighted by Crippen LogP contribution is 2.32. The van der Waals surface area contributed by atoms with Crippen LogP contribution in [0.15, 0.2) is 46.7 Å². The molecule has 156 valence electrons. The number of ketones is 1. The monoisotopic (exact) mass is 444 g/mol. The predicted octanol–water partition coefficient (Wildman–Crippen LogP) is 3.09. The standard InChI is InChI=1S/C20H20N4O4S2/c1-13-5-2-3-7-18(13)30(27,28)24-11-14-15(12-24)22-23-20(14)21-19(26)9-8-16(25)17-6-4-10-29-17/h2-7,10H,8-9,11-12H2,1H3,(H2,21,22,23,26). The summed E-state index contributed by atoms with van der Waals surface area (Å²) in [5, 5.41) is 11.4. The Kier molecular flexibility index (Phi) is 5.54. The minimum atomic E-state index is -3.68. The summed E-state index contributed by atoms with van der Waals surface area (Å²) in [7, 11) is -3.68. The highest BCUT2D eigenvalue weighted by Gasteiger charge is 2.35. The first kappa shape index (κ1) is 20.5. The highest BCUT2D eigenvalue weighted by molar-refractivity contribution is 7.89. The van der Waals surface area contributed by atoms with Gasteiger partial charge in [-0.2, -0.15) is 9.40 Å². The Morgan fingerprint density at radius 2 is 1.97 bits per heavy atom. The molecule has 0 spiro atoms. The van der Waals surface area contributed by atoms with Crippen molar-refractivity contribution >= 4 is 38.9 Å². The Bertz CT molecular complexity index is 1200. The summed E-state index contributed by atoms with van der Waals surface area (Å²) in [6.07, 6.45) is 0.145. The molecule has 0 radical (unpaired) electrons. The molecule has 1 aliphatic heterocycles. The Balaban J connectivity index is 1.42. The smallest absolute Gasteiger partial charge is 0.244 e. The van der Waals surface area contributed by atoms with Crippen molar-refractivity contribution in [2.75, 3.05) is 5.32 Å². The van der Waals surface area contributed by atoms with Crippen molar-refractivity contribution in [2.24, 2.45) is 0 Å². The van der Waals surface area contributed by atoms with Crippen molar-refractivity contribution in [2.45, 2.75) is 37.8 Å². The number of aryl methyl sites for hydroxylation is 1. The summed E-state index contributed by atoms with van der Waals surface area (Å²) in [5.74, 6) is -0.0295. The van der Waals surface area contributed by atoms with Gasteiger partial charge in [0, 0.05) is 24.9 Å². The average molecular weight is 445 g/mol. The molecule has 0 aliphatic carbocycles. The van der Waals surface area contributed by atoms with E-state index in [-0.39, 0.29) is 42.5 Å². The first-order valence-electron chi connectivity index (χ1n) is 9.34. The average Bonchev–Trinajstić information content (AvgIpc) is 3.45. The third-order valence-corrected chi connectivity index (χ3v) is 7.83. The molecule has 0 saturated carbocycles. The van der Waals surface area contributed by atoms with Gasteiger partial charge in [0.1, 0.15) is 5.82 Å². The van der Waals surface area contributed by atoms with Gasteiger partial charge in [0.05, 0.1) is 22.0 Å². The fourth-order valence-corrected chi connectivity index (χ4v) is 5.64. The predicted molar refractivity (Wildman–Crippen MR) is 113 cm³/mol. The van der Waals surface area contributed by atoms with E-state index in [9.17, 15) is 18.0 Å². The van der Waals surface area contributed by atoms with E-state index in [0.717, 1.165) is 0 Å². The van der Waals surface area contributed by atoms with Crippen molar-refractivity contribution in [3.8, 4) is 0 Å². The number of Topliss-reactive ketones (excluding diaryl/α,β-unsaturated/α-hetero) is 1. The SMILES string of the molecule is Cc1ccccc1S(=O)(=O)N1Cc2n[nH]c(NC(=O)CCC(=O)c3cccs3)c2C1. The number of sulfonamides is 1. The van der Waals surface area contributed by atoms with E-state index in [0.29, 0.717) is 27.5 Å². The zero-order valence-corrected chi connectivity index (χ0v) is 17.8. The molecule has 30 heavy (non-hydrogen) atoms. The summed E-state index contributed by atoms with van der Waals surface area (Å²) in [6, 6.07) is 10.4. The van der Waals surface area contributed by atoms with Crippen molar-refractivity contribution in [1.82, 2.24) is 14.5 Å². The summed E-state index contributed by atoms with van der Waals surface area (Å²) in [4.78, 5) is 25.2. The number of amides is 1. The van der Waals surface area contributed by atoms with Gasteiger partial charge in [0.25, 0.3) is 0 Å². The van der Waals surface area contributed by atoms with Crippen molar-refractivity contribution in [1.29, 1.82) is 0 Å². The number of H-pyrrole nitrogens is 1. The summed E-state index contributed by atoms with van der Waals surface area (Å²) >= 11 is 1.35. The van der Waals surface area contributed by atoms with E-state index in [4.69, 9.17) is 0 Å². The molecule has 1 aromatic carbocycles. The van der Waals surface area contributed by atoms with Crippen molar-refractivity contribution in [3.05, 3.63) is 63.5 Å².